The maximum Gasteiger partial charge on any atom is 0.0292 e. The minimum atomic E-state index is 0.564. The molecule has 0 aliphatic carbocycles. The third kappa shape index (κ3) is 3.22. The van der Waals surface area contributed by atoms with Crippen molar-refractivity contribution in [3.63, 3.8) is 0 Å². The Hall–Kier alpha value is -0.640. The highest BCUT2D eigenvalue weighted by Crippen LogP contribution is 2.35. The smallest absolute Gasteiger partial charge is 0.0292 e. The molecule has 0 radical (unpaired) electrons. The van der Waals surface area contributed by atoms with Crippen LogP contribution in [0.2, 0.25) is 0 Å². The van der Waals surface area contributed by atoms with E-state index >= 15 is 0 Å². The van der Waals surface area contributed by atoms with Crippen molar-refractivity contribution in [3.8, 4) is 0 Å². The van der Waals surface area contributed by atoms with E-state index in [0.29, 0.717) is 12.0 Å². The van der Waals surface area contributed by atoms with Crippen LogP contribution in [-0.4, -0.2) is 24.5 Å². The van der Waals surface area contributed by atoms with Crippen molar-refractivity contribution in [3.05, 3.63) is 44.8 Å². The van der Waals surface area contributed by atoms with Crippen LogP contribution >= 0.6 is 22.7 Å². The lowest BCUT2D eigenvalue weighted by molar-refractivity contribution is 0.253. The fraction of sp³-hybridized carbons (Fsp3) is 0.467. The fourth-order valence-corrected chi connectivity index (χ4v) is 3.98. The summed E-state index contributed by atoms with van der Waals surface area (Å²) >= 11 is 3.76. The lowest BCUT2D eigenvalue weighted by Crippen LogP contribution is -2.30. The van der Waals surface area contributed by atoms with Gasteiger partial charge >= 0.3 is 0 Å². The molecule has 0 spiro atoms. The van der Waals surface area contributed by atoms with Crippen LogP contribution in [0, 0.1) is 0 Å². The molecule has 2 aromatic heterocycles. The average Bonchev–Trinajstić information content (AvgIpc) is 3.06. The van der Waals surface area contributed by atoms with Gasteiger partial charge in [0.1, 0.15) is 0 Å². The van der Waals surface area contributed by atoms with Gasteiger partial charge in [-0.1, -0.05) is 19.1 Å². The van der Waals surface area contributed by atoms with Crippen molar-refractivity contribution in [2.45, 2.75) is 32.2 Å². The topological polar surface area (TPSA) is 3.24 Å². The minimum absolute atomic E-state index is 0.564. The molecule has 0 aromatic carbocycles. The summed E-state index contributed by atoms with van der Waals surface area (Å²) in [7, 11) is 2.21. The van der Waals surface area contributed by atoms with Gasteiger partial charge in [-0.05, 0) is 49.8 Å². The van der Waals surface area contributed by atoms with Gasteiger partial charge in [0.05, 0.1) is 0 Å². The molecule has 0 aliphatic rings. The van der Waals surface area contributed by atoms with Gasteiger partial charge in [0.15, 0.2) is 0 Å². The van der Waals surface area contributed by atoms with Crippen molar-refractivity contribution in [2.75, 3.05) is 13.6 Å². The first-order chi connectivity index (χ1) is 8.72. The van der Waals surface area contributed by atoms with Crippen LogP contribution in [0.25, 0.3) is 0 Å². The number of thiophene rings is 2. The molecule has 3 heteroatoms. The first-order valence-electron chi connectivity index (χ1n) is 6.49. The van der Waals surface area contributed by atoms with Crippen molar-refractivity contribution < 1.29 is 0 Å². The van der Waals surface area contributed by atoms with Gasteiger partial charge in [0.25, 0.3) is 0 Å². The highest BCUT2D eigenvalue weighted by atomic mass is 32.1. The Morgan fingerprint density at radius 2 is 1.67 bits per heavy atom. The van der Waals surface area contributed by atoms with Crippen LogP contribution < -0.4 is 0 Å². The standard InChI is InChI=1S/C15H21NS2/c1-4-16(3)12(2)11-13(14-7-5-9-17-14)15-8-6-10-18-15/h5-10,12-13H,4,11H2,1-3H3. The summed E-state index contributed by atoms with van der Waals surface area (Å²) in [6, 6.07) is 9.48. The number of nitrogens with zero attached hydrogens (tertiary/aromatic N) is 1. The molecule has 2 aromatic rings. The summed E-state index contributed by atoms with van der Waals surface area (Å²) in [6.45, 7) is 5.67. The molecule has 98 valence electrons. The van der Waals surface area contributed by atoms with Gasteiger partial charge in [-0.2, -0.15) is 0 Å². The van der Waals surface area contributed by atoms with Gasteiger partial charge in [-0.3, -0.25) is 0 Å². The predicted molar refractivity (Wildman–Crippen MR) is 82.9 cm³/mol. The van der Waals surface area contributed by atoms with Gasteiger partial charge in [0, 0.05) is 21.7 Å². The van der Waals surface area contributed by atoms with Gasteiger partial charge in [-0.25, -0.2) is 0 Å². The molecular formula is C15H21NS2. The van der Waals surface area contributed by atoms with Gasteiger partial charge < -0.3 is 4.90 Å². The Morgan fingerprint density at radius 1 is 1.11 bits per heavy atom. The SMILES string of the molecule is CCN(C)C(C)CC(c1cccs1)c1cccs1. The summed E-state index contributed by atoms with van der Waals surface area (Å²) in [6.07, 6.45) is 1.20. The van der Waals surface area contributed by atoms with E-state index in [1.54, 1.807) is 0 Å². The van der Waals surface area contributed by atoms with Crippen molar-refractivity contribution in [1.82, 2.24) is 4.90 Å². The zero-order valence-corrected chi connectivity index (χ0v) is 12.9. The van der Waals surface area contributed by atoms with E-state index < -0.39 is 0 Å². The highest BCUT2D eigenvalue weighted by molar-refractivity contribution is 7.11. The molecular weight excluding hydrogens is 258 g/mol. The first-order valence-corrected chi connectivity index (χ1v) is 8.25. The van der Waals surface area contributed by atoms with Crippen LogP contribution in [0.4, 0.5) is 0 Å². The molecule has 2 heterocycles. The molecule has 0 fully saturated rings. The van der Waals surface area contributed by atoms with Gasteiger partial charge in [-0.15, -0.1) is 22.7 Å². The zero-order chi connectivity index (χ0) is 13.0. The number of hydrogen-bond acceptors (Lipinski definition) is 3. The molecule has 18 heavy (non-hydrogen) atoms. The fourth-order valence-electron chi connectivity index (χ4n) is 2.18. The maximum atomic E-state index is 2.42. The first kappa shape index (κ1) is 13.8. The number of hydrogen-bond donors (Lipinski definition) is 0. The number of rotatable bonds is 6. The molecule has 0 bridgehead atoms. The van der Waals surface area contributed by atoms with E-state index in [2.05, 4.69) is 60.8 Å². The van der Waals surface area contributed by atoms with Crippen LogP contribution in [0.3, 0.4) is 0 Å². The third-order valence-corrected chi connectivity index (χ3v) is 5.57. The monoisotopic (exact) mass is 279 g/mol. The lowest BCUT2D eigenvalue weighted by atomic mass is 9.96. The Bertz CT molecular complexity index is 399. The van der Waals surface area contributed by atoms with Crippen LogP contribution in [0.15, 0.2) is 35.0 Å². The maximum absolute atomic E-state index is 2.42. The second-order valence-electron chi connectivity index (χ2n) is 4.74. The summed E-state index contributed by atoms with van der Waals surface area (Å²) in [5.41, 5.74) is 0. The molecule has 0 saturated heterocycles. The molecule has 0 N–H and O–H groups in total. The van der Waals surface area contributed by atoms with Crippen molar-refractivity contribution in [2.24, 2.45) is 0 Å². The van der Waals surface area contributed by atoms with Crippen molar-refractivity contribution in [1.29, 1.82) is 0 Å². The van der Waals surface area contributed by atoms with E-state index in [1.165, 1.54) is 16.2 Å². The summed E-state index contributed by atoms with van der Waals surface area (Å²) < 4.78 is 0. The quantitative estimate of drug-likeness (QED) is 0.742. The lowest BCUT2D eigenvalue weighted by Gasteiger charge is -2.26. The Morgan fingerprint density at radius 3 is 2.06 bits per heavy atom. The molecule has 0 saturated carbocycles. The van der Waals surface area contributed by atoms with Crippen LogP contribution in [-0.2, 0) is 0 Å². The Kier molecular flexibility index (Phi) is 4.98. The highest BCUT2D eigenvalue weighted by Gasteiger charge is 2.20. The minimum Gasteiger partial charge on any atom is -0.304 e. The largest absolute Gasteiger partial charge is 0.304 e. The second kappa shape index (κ2) is 6.50. The summed E-state index contributed by atoms with van der Waals surface area (Å²) in [5, 5.41) is 4.37. The molecule has 1 nitrogen and oxygen atoms in total. The van der Waals surface area contributed by atoms with Crippen LogP contribution in [0.5, 0.6) is 0 Å². The second-order valence-corrected chi connectivity index (χ2v) is 6.70. The molecule has 2 rings (SSSR count). The Balaban J connectivity index is 2.16. The van der Waals surface area contributed by atoms with E-state index in [-0.39, 0.29) is 0 Å². The molecule has 1 unspecified atom stereocenters. The third-order valence-electron chi connectivity index (χ3n) is 3.60. The van der Waals surface area contributed by atoms with E-state index in [4.69, 9.17) is 0 Å². The van der Waals surface area contributed by atoms with Crippen molar-refractivity contribution >= 4 is 22.7 Å². The van der Waals surface area contributed by atoms with E-state index in [9.17, 15) is 0 Å². The summed E-state index contributed by atoms with van der Waals surface area (Å²) in [4.78, 5) is 5.41. The van der Waals surface area contributed by atoms with Crippen LogP contribution in [0.1, 0.15) is 35.9 Å². The normalized spacial score (nSPS) is 13.4. The molecule has 0 aliphatic heterocycles. The molecule has 1 atom stereocenters. The van der Waals surface area contributed by atoms with E-state index in [1.807, 2.05) is 22.7 Å². The Labute approximate surface area is 118 Å². The average molecular weight is 279 g/mol. The van der Waals surface area contributed by atoms with E-state index in [0.717, 1.165) is 6.54 Å². The predicted octanol–water partition coefficient (Wildman–Crippen LogP) is 4.67. The molecule has 0 amide bonds. The zero-order valence-electron chi connectivity index (χ0n) is 11.3. The summed E-state index contributed by atoms with van der Waals surface area (Å²) in [5.74, 6) is 0.564. The van der Waals surface area contributed by atoms with Gasteiger partial charge in [0.2, 0.25) is 0 Å².